The molecule has 27 heavy (non-hydrogen) atoms. The van der Waals surface area contributed by atoms with E-state index < -0.39 is 17.9 Å². The second kappa shape index (κ2) is 6.45. The Morgan fingerprint density at radius 3 is 2.37 bits per heavy atom. The molecule has 0 bridgehead atoms. The van der Waals surface area contributed by atoms with Crippen molar-refractivity contribution < 1.29 is 27.0 Å². The Kier molecular flexibility index (Phi) is 4.22. The number of anilines is 1. The Morgan fingerprint density at radius 1 is 1.00 bits per heavy atom. The molecule has 2 aromatic carbocycles. The van der Waals surface area contributed by atoms with E-state index in [1.54, 1.807) is 19.1 Å². The van der Waals surface area contributed by atoms with Crippen LogP contribution in [-0.4, -0.2) is 6.29 Å². The molecule has 4 rings (SSSR count). The lowest BCUT2D eigenvalue weighted by molar-refractivity contribution is -0.286. The van der Waals surface area contributed by atoms with Crippen molar-refractivity contribution in [1.82, 2.24) is 0 Å². The molecule has 1 aromatic heterocycles. The summed E-state index contributed by atoms with van der Waals surface area (Å²) in [6.07, 6.45) is -3.67. The van der Waals surface area contributed by atoms with Gasteiger partial charge in [0, 0.05) is 17.0 Å². The molecule has 0 aliphatic carbocycles. The molecule has 3 aromatic rings. The van der Waals surface area contributed by atoms with Crippen LogP contribution < -0.4 is 14.8 Å². The molecular weight excluding hydrogens is 382 g/mol. The summed E-state index contributed by atoms with van der Waals surface area (Å²) in [5, 5.41) is 3.67. The van der Waals surface area contributed by atoms with Crippen LogP contribution in [0.3, 0.4) is 0 Å². The fourth-order valence-corrected chi connectivity index (χ4v) is 3.80. The van der Waals surface area contributed by atoms with Gasteiger partial charge in [-0.05, 0) is 54.4 Å². The molecule has 0 radical (unpaired) electrons. The smallest absolute Gasteiger partial charge is 0.395 e. The van der Waals surface area contributed by atoms with Crippen molar-refractivity contribution in [2.45, 2.75) is 19.8 Å². The van der Waals surface area contributed by atoms with Crippen molar-refractivity contribution in [2.24, 2.45) is 0 Å². The summed E-state index contributed by atoms with van der Waals surface area (Å²) in [7, 11) is 0. The first-order valence-corrected chi connectivity index (χ1v) is 8.81. The van der Waals surface area contributed by atoms with Gasteiger partial charge in [0.1, 0.15) is 11.6 Å². The first-order valence-electron chi connectivity index (χ1n) is 8.00. The lowest BCUT2D eigenvalue weighted by atomic mass is 10.1. The first-order chi connectivity index (χ1) is 12.8. The predicted molar refractivity (Wildman–Crippen MR) is 94.4 cm³/mol. The maximum Gasteiger partial charge on any atom is 0.586 e. The van der Waals surface area contributed by atoms with Gasteiger partial charge in [-0.15, -0.1) is 20.1 Å². The zero-order chi connectivity index (χ0) is 19.2. The molecule has 8 heteroatoms. The number of nitrogens with one attached hydrogen (secondary N) is 1. The number of aryl methyl sites for hydroxylation is 1. The van der Waals surface area contributed by atoms with Crippen molar-refractivity contribution in [1.29, 1.82) is 0 Å². The standard InChI is InChI=1S/C19H13F4NO2S/c1-10-7-15-16(26-19(22,23)25-15)8-11(10)17-5-6-18(27-17)24-9-12-13(20)3-2-4-14(12)21/h2-8,24H,9H2,1H3. The van der Waals surface area contributed by atoms with Gasteiger partial charge < -0.3 is 14.8 Å². The molecule has 140 valence electrons. The van der Waals surface area contributed by atoms with Crippen molar-refractivity contribution in [2.75, 3.05) is 5.32 Å². The molecule has 3 nitrogen and oxygen atoms in total. The highest BCUT2D eigenvalue weighted by molar-refractivity contribution is 7.19. The molecule has 0 saturated heterocycles. The van der Waals surface area contributed by atoms with Gasteiger partial charge >= 0.3 is 6.29 Å². The zero-order valence-corrected chi connectivity index (χ0v) is 14.8. The maximum absolute atomic E-state index is 13.7. The Balaban J connectivity index is 1.55. The molecule has 2 heterocycles. The van der Waals surface area contributed by atoms with E-state index in [1.165, 1.54) is 41.7 Å². The van der Waals surface area contributed by atoms with Crippen molar-refractivity contribution >= 4 is 16.3 Å². The van der Waals surface area contributed by atoms with Crippen molar-refractivity contribution in [3.05, 3.63) is 65.2 Å². The van der Waals surface area contributed by atoms with E-state index in [-0.39, 0.29) is 23.6 Å². The van der Waals surface area contributed by atoms with E-state index in [0.29, 0.717) is 10.6 Å². The Bertz CT molecular complexity index is 999. The summed E-state index contributed by atoms with van der Waals surface area (Å²) in [6.45, 7) is 1.77. The molecule has 0 fully saturated rings. The fourth-order valence-electron chi connectivity index (χ4n) is 2.82. The van der Waals surface area contributed by atoms with E-state index >= 15 is 0 Å². The third kappa shape index (κ3) is 3.44. The number of halogens is 4. The van der Waals surface area contributed by atoms with E-state index in [1.807, 2.05) is 0 Å². The predicted octanol–water partition coefficient (Wildman–Crippen LogP) is 5.94. The van der Waals surface area contributed by atoms with Crippen LogP contribution in [0.2, 0.25) is 0 Å². The SMILES string of the molecule is Cc1cc2c(cc1-c1ccc(NCc3c(F)cccc3F)s1)OC(F)(F)O2. The number of hydrogen-bond donors (Lipinski definition) is 1. The van der Waals surface area contributed by atoms with Gasteiger partial charge in [0.15, 0.2) is 11.5 Å². The minimum absolute atomic E-state index is 0.00816. The monoisotopic (exact) mass is 395 g/mol. The van der Waals surface area contributed by atoms with Crippen LogP contribution in [0.5, 0.6) is 11.5 Å². The van der Waals surface area contributed by atoms with Gasteiger partial charge in [0.05, 0.1) is 5.00 Å². The maximum atomic E-state index is 13.7. The molecule has 0 unspecified atom stereocenters. The number of benzene rings is 2. The van der Waals surface area contributed by atoms with Gasteiger partial charge in [0.25, 0.3) is 0 Å². The van der Waals surface area contributed by atoms with Crippen LogP contribution >= 0.6 is 11.3 Å². The van der Waals surface area contributed by atoms with Crippen LogP contribution in [0.15, 0.2) is 42.5 Å². The molecule has 1 aliphatic rings. The normalized spacial score (nSPS) is 14.4. The summed E-state index contributed by atoms with van der Waals surface area (Å²) in [5.74, 6) is -1.28. The summed E-state index contributed by atoms with van der Waals surface area (Å²) in [6, 6.07) is 10.3. The summed E-state index contributed by atoms with van der Waals surface area (Å²) >= 11 is 1.34. The Morgan fingerprint density at radius 2 is 1.67 bits per heavy atom. The van der Waals surface area contributed by atoms with E-state index in [0.717, 1.165) is 10.4 Å². The van der Waals surface area contributed by atoms with Crippen LogP contribution in [0.25, 0.3) is 10.4 Å². The molecule has 1 aliphatic heterocycles. The molecular formula is C19H13F4NO2S. The second-order valence-corrected chi connectivity index (χ2v) is 7.08. The third-order valence-electron chi connectivity index (χ3n) is 4.12. The number of alkyl halides is 2. The first kappa shape index (κ1) is 17.7. The number of rotatable bonds is 4. The highest BCUT2D eigenvalue weighted by atomic mass is 32.1. The van der Waals surface area contributed by atoms with Crippen molar-refractivity contribution in [3.8, 4) is 21.9 Å². The molecule has 0 spiro atoms. The van der Waals surface area contributed by atoms with Crippen LogP contribution in [0.4, 0.5) is 22.6 Å². The molecule has 0 atom stereocenters. The Hall–Kier alpha value is -2.74. The fraction of sp³-hybridized carbons (Fsp3) is 0.158. The quantitative estimate of drug-likeness (QED) is 0.555. The minimum atomic E-state index is -3.67. The van der Waals surface area contributed by atoms with E-state index in [2.05, 4.69) is 14.8 Å². The van der Waals surface area contributed by atoms with Gasteiger partial charge in [-0.3, -0.25) is 0 Å². The van der Waals surface area contributed by atoms with Crippen molar-refractivity contribution in [3.63, 3.8) is 0 Å². The van der Waals surface area contributed by atoms with Gasteiger partial charge in [-0.25, -0.2) is 8.78 Å². The lowest BCUT2D eigenvalue weighted by Crippen LogP contribution is -2.25. The van der Waals surface area contributed by atoms with E-state index in [9.17, 15) is 17.6 Å². The molecule has 1 N–H and O–H groups in total. The van der Waals surface area contributed by atoms with E-state index in [4.69, 9.17) is 0 Å². The summed E-state index contributed by atoms with van der Waals surface area (Å²) < 4.78 is 62.8. The van der Waals surface area contributed by atoms with Gasteiger partial charge in [0.2, 0.25) is 0 Å². The topological polar surface area (TPSA) is 30.5 Å². The number of ether oxygens (including phenoxy) is 2. The number of fused-ring (bicyclic) bond motifs is 1. The van der Waals surface area contributed by atoms with Crippen LogP contribution in [-0.2, 0) is 6.54 Å². The van der Waals surface area contributed by atoms with Gasteiger partial charge in [-0.2, -0.15) is 0 Å². The average Bonchev–Trinajstić information content (AvgIpc) is 3.16. The molecule has 0 amide bonds. The second-order valence-electron chi connectivity index (χ2n) is 6.00. The van der Waals surface area contributed by atoms with Crippen LogP contribution in [0.1, 0.15) is 11.1 Å². The summed E-state index contributed by atoms with van der Waals surface area (Å²) in [4.78, 5) is 0.797. The summed E-state index contributed by atoms with van der Waals surface area (Å²) in [5.41, 5.74) is 1.41. The van der Waals surface area contributed by atoms with Crippen LogP contribution in [0, 0.1) is 18.6 Å². The highest BCUT2D eigenvalue weighted by Crippen LogP contribution is 2.45. The largest absolute Gasteiger partial charge is 0.586 e. The number of thiophene rings is 1. The number of hydrogen-bond acceptors (Lipinski definition) is 4. The zero-order valence-electron chi connectivity index (χ0n) is 14.0. The highest BCUT2D eigenvalue weighted by Gasteiger charge is 2.43. The van der Waals surface area contributed by atoms with Gasteiger partial charge in [-0.1, -0.05) is 6.07 Å². The molecule has 0 saturated carbocycles. The average molecular weight is 395 g/mol. The minimum Gasteiger partial charge on any atom is -0.395 e. The third-order valence-corrected chi connectivity index (χ3v) is 5.20. The Labute approximate surface area is 156 Å². The lowest BCUT2D eigenvalue weighted by Gasteiger charge is -2.07.